The van der Waals surface area contributed by atoms with Crippen molar-refractivity contribution in [2.45, 2.75) is 13.1 Å². The smallest absolute Gasteiger partial charge is 0.332 e. The van der Waals surface area contributed by atoms with Crippen molar-refractivity contribution >= 4 is 28.6 Å². The summed E-state index contributed by atoms with van der Waals surface area (Å²) in [5, 5.41) is 2.77. The van der Waals surface area contributed by atoms with E-state index in [1.165, 1.54) is 35.1 Å². The maximum Gasteiger partial charge on any atom is 0.332 e. The number of fused-ring (bicyclic) bond motifs is 1. The summed E-state index contributed by atoms with van der Waals surface area (Å²) in [4.78, 5) is 50.6. The van der Waals surface area contributed by atoms with Crippen LogP contribution in [0.4, 0.5) is 11.5 Å². The van der Waals surface area contributed by atoms with Gasteiger partial charge in [0.15, 0.2) is 11.2 Å². The van der Waals surface area contributed by atoms with Crippen LogP contribution >= 0.6 is 0 Å². The molecule has 0 radical (unpaired) electrons. The number of pyridine rings is 1. The van der Waals surface area contributed by atoms with Gasteiger partial charge in [-0.3, -0.25) is 23.6 Å². The molecule has 188 valence electrons. The molecule has 36 heavy (non-hydrogen) atoms. The van der Waals surface area contributed by atoms with Crippen LogP contribution in [0, 0.1) is 0 Å². The van der Waals surface area contributed by atoms with Crippen molar-refractivity contribution in [2.24, 2.45) is 14.1 Å². The summed E-state index contributed by atoms with van der Waals surface area (Å²) in [6.07, 6.45) is 3.15. The van der Waals surface area contributed by atoms with Crippen molar-refractivity contribution < 1.29 is 6.22 Å². The fourth-order valence-electron chi connectivity index (χ4n) is 4.51. The Balaban J connectivity index is 0.00000320. The Bertz CT molecular complexity index is 1500. The molecule has 1 amide bonds. The summed E-state index contributed by atoms with van der Waals surface area (Å²) in [7, 11) is 2.94. The van der Waals surface area contributed by atoms with E-state index in [1.54, 1.807) is 12.3 Å². The molecule has 1 saturated heterocycles. The molecule has 5 rings (SSSR count). The van der Waals surface area contributed by atoms with Gasteiger partial charge < -0.3 is 14.8 Å². The highest BCUT2D eigenvalue weighted by Gasteiger charge is 2.19. The first-order valence-corrected chi connectivity index (χ1v) is 11.8. The Morgan fingerprint density at radius 2 is 1.72 bits per heavy atom. The van der Waals surface area contributed by atoms with E-state index in [9.17, 15) is 14.4 Å². The van der Waals surface area contributed by atoms with Gasteiger partial charge in [0, 0.05) is 48.2 Å². The minimum atomic E-state index is -0.496. The molecule has 0 bridgehead atoms. The summed E-state index contributed by atoms with van der Waals surface area (Å²) >= 11 is 0. The van der Waals surface area contributed by atoms with Crippen LogP contribution in [0.3, 0.4) is 0 Å². The summed E-state index contributed by atoms with van der Waals surface area (Å²) in [5.41, 5.74) is 1.80. The Morgan fingerprint density at radius 3 is 2.42 bits per heavy atom. The average Bonchev–Trinajstić information content (AvgIpc) is 3.31. The molecular weight excluding hydrogens is 460 g/mol. The van der Waals surface area contributed by atoms with Crippen LogP contribution < -0.4 is 21.5 Å². The standard InChI is InChI=1S/C25H28N8O3.H2/c1-29-23-22(24(35)30(2)25(29)36)33(17-27-23)16-21(34)28-20-9-8-19(14-26-20)32-12-10-31(11-13-32)15-18-6-4-3-5-7-18;/h3-9,14,17H,10-13,15-16H2,1-2H3,(H,26,28,34);1H. The van der Waals surface area contributed by atoms with Gasteiger partial charge in [0.2, 0.25) is 5.91 Å². The van der Waals surface area contributed by atoms with E-state index in [0.29, 0.717) is 5.82 Å². The number of aromatic nitrogens is 5. The molecule has 0 unspecified atom stereocenters. The van der Waals surface area contributed by atoms with Gasteiger partial charge in [-0.15, -0.1) is 0 Å². The molecule has 3 aromatic heterocycles. The molecule has 1 N–H and O–H groups in total. The predicted molar refractivity (Wildman–Crippen MR) is 139 cm³/mol. The maximum atomic E-state index is 12.7. The van der Waals surface area contributed by atoms with Gasteiger partial charge in [-0.2, -0.15) is 0 Å². The second kappa shape index (κ2) is 9.78. The Morgan fingerprint density at radius 1 is 0.972 bits per heavy atom. The number of anilines is 2. The molecule has 1 aliphatic heterocycles. The summed E-state index contributed by atoms with van der Waals surface area (Å²) in [5.74, 6) is 0.0798. The lowest BCUT2D eigenvalue weighted by Crippen LogP contribution is -2.46. The van der Waals surface area contributed by atoms with Crippen molar-refractivity contribution in [1.82, 2.24) is 28.6 Å². The van der Waals surface area contributed by atoms with Gasteiger partial charge in [0.1, 0.15) is 12.4 Å². The monoisotopic (exact) mass is 490 g/mol. The molecule has 1 fully saturated rings. The lowest BCUT2D eigenvalue weighted by Gasteiger charge is -2.36. The zero-order valence-electron chi connectivity index (χ0n) is 20.3. The Labute approximate surface area is 208 Å². The number of nitrogens with zero attached hydrogens (tertiary/aromatic N) is 7. The number of rotatable bonds is 6. The normalized spacial score (nSPS) is 14.3. The van der Waals surface area contributed by atoms with Gasteiger partial charge in [0.05, 0.1) is 18.2 Å². The zero-order chi connectivity index (χ0) is 25.2. The molecule has 1 aliphatic rings. The predicted octanol–water partition coefficient (Wildman–Crippen LogP) is 1.04. The summed E-state index contributed by atoms with van der Waals surface area (Å²) in [6.45, 7) is 4.58. The summed E-state index contributed by atoms with van der Waals surface area (Å²) in [6, 6.07) is 14.2. The average molecular weight is 491 g/mol. The second-order valence-corrected chi connectivity index (χ2v) is 8.95. The number of benzene rings is 1. The molecule has 1 aromatic carbocycles. The third-order valence-corrected chi connectivity index (χ3v) is 6.53. The van der Waals surface area contributed by atoms with Crippen LogP contribution in [0.5, 0.6) is 0 Å². The van der Waals surface area contributed by atoms with Crippen molar-refractivity contribution in [1.29, 1.82) is 0 Å². The highest BCUT2D eigenvalue weighted by molar-refractivity contribution is 5.90. The number of amides is 1. The SMILES string of the molecule is Cn1c(=O)c2c(ncn2CC(=O)Nc2ccc(N3CCN(Cc4ccccc4)CC3)cn2)n(C)c1=O.[HH]. The van der Waals surface area contributed by atoms with Crippen LogP contribution in [0.1, 0.15) is 6.99 Å². The highest BCUT2D eigenvalue weighted by atomic mass is 16.2. The van der Waals surface area contributed by atoms with E-state index in [0.717, 1.165) is 43.0 Å². The number of imidazole rings is 1. The van der Waals surface area contributed by atoms with Crippen molar-refractivity contribution in [3.05, 3.63) is 81.4 Å². The minimum Gasteiger partial charge on any atom is -0.368 e. The number of nitrogens with one attached hydrogen (secondary N) is 1. The third-order valence-electron chi connectivity index (χ3n) is 6.53. The van der Waals surface area contributed by atoms with Crippen LogP contribution in [0.15, 0.2) is 64.6 Å². The Hall–Kier alpha value is -4.25. The molecule has 0 spiro atoms. The highest BCUT2D eigenvalue weighted by Crippen LogP contribution is 2.18. The van der Waals surface area contributed by atoms with Crippen LogP contribution in [-0.2, 0) is 32.0 Å². The molecule has 0 saturated carbocycles. The van der Waals surface area contributed by atoms with Crippen LogP contribution in [0.25, 0.3) is 11.2 Å². The van der Waals surface area contributed by atoms with E-state index < -0.39 is 11.2 Å². The molecular formula is C25H30N8O3. The number of aryl methyl sites for hydroxylation is 1. The molecule has 11 heteroatoms. The number of carbonyl (C=O) groups excluding carboxylic acids is 1. The largest absolute Gasteiger partial charge is 0.368 e. The first-order chi connectivity index (χ1) is 17.4. The molecule has 11 nitrogen and oxygen atoms in total. The molecule has 4 heterocycles. The number of piperazine rings is 1. The van der Waals surface area contributed by atoms with Crippen molar-refractivity contribution in [2.75, 3.05) is 36.4 Å². The minimum absolute atomic E-state index is 0. The van der Waals surface area contributed by atoms with Gasteiger partial charge in [-0.1, -0.05) is 30.3 Å². The van der Waals surface area contributed by atoms with Crippen molar-refractivity contribution in [3.63, 3.8) is 0 Å². The third kappa shape index (κ3) is 4.65. The summed E-state index contributed by atoms with van der Waals surface area (Å²) < 4.78 is 3.73. The molecule has 0 atom stereocenters. The first-order valence-electron chi connectivity index (χ1n) is 11.8. The van der Waals surface area contributed by atoms with E-state index in [2.05, 4.69) is 49.4 Å². The van der Waals surface area contributed by atoms with E-state index in [4.69, 9.17) is 0 Å². The van der Waals surface area contributed by atoms with Crippen LogP contribution in [0.2, 0.25) is 0 Å². The second-order valence-electron chi connectivity index (χ2n) is 8.95. The van der Waals surface area contributed by atoms with E-state index in [1.807, 2.05) is 12.1 Å². The van der Waals surface area contributed by atoms with E-state index >= 15 is 0 Å². The molecule has 4 aromatic rings. The van der Waals surface area contributed by atoms with Crippen molar-refractivity contribution in [3.8, 4) is 0 Å². The fraction of sp³-hybridized carbons (Fsp3) is 0.320. The topological polar surface area (TPSA) is 110 Å². The van der Waals surface area contributed by atoms with E-state index in [-0.39, 0.29) is 25.0 Å². The number of carbonyl (C=O) groups is 1. The number of hydrogen-bond acceptors (Lipinski definition) is 7. The zero-order valence-corrected chi connectivity index (χ0v) is 20.3. The van der Waals surface area contributed by atoms with Gasteiger partial charge in [-0.25, -0.2) is 14.8 Å². The fourth-order valence-corrected chi connectivity index (χ4v) is 4.51. The first kappa shape index (κ1) is 23.5. The van der Waals surface area contributed by atoms with Gasteiger partial charge in [0.25, 0.3) is 5.56 Å². The maximum absolute atomic E-state index is 12.7. The van der Waals surface area contributed by atoms with Crippen LogP contribution in [-0.4, -0.2) is 60.7 Å². The lowest BCUT2D eigenvalue weighted by atomic mass is 10.2. The molecule has 0 aliphatic carbocycles. The quantitative estimate of drug-likeness (QED) is 0.430. The van der Waals surface area contributed by atoms with Gasteiger partial charge >= 0.3 is 5.69 Å². The number of hydrogen-bond donors (Lipinski definition) is 1. The lowest BCUT2D eigenvalue weighted by molar-refractivity contribution is -0.116. The van der Waals surface area contributed by atoms with Gasteiger partial charge in [-0.05, 0) is 17.7 Å². The Kier molecular flexibility index (Phi) is 6.38.